The molecule has 1 fully saturated rings. The first-order chi connectivity index (χ1) is 14.5. The van der Waals surface area contributed by atoms with Crippen molar-refractivity contribution in [2.75, 3.05) is 13.2 Å². The number of carbonyl (C=O) groups is 2. The molecule has 1 aliphatic carbocycles. The minimum atomic E-state index is -0.0737. The first-order valence-electron chi connectivity index (χ1n) is 10.9. The Kier molecular flexibility index (Phi) is 6.51. The van der Waals surface area contributed by atoms with Crippen LogP contribution in [-0.2, 0) is 33.8 Å². The van der Waals surface area contributed by atoms with Crippen molar-refractivity contribution in [1.82, 2.24) is 19.7 Å². The van der Waals surface area contributed by atoms with Gasteiger partial charge in [-0.2, -0.15) is 5.10 Å². The normalized spacial score (nSPS) is 21.3. The Labute approximate surface area is 181 Å². The maximum Gasteiger partial charge on any atom is 0.308 e. The number of ether oxygens (including phenoxy) is 1. The lowest BCUT2D eigenvalue weighted by molar-refractivity contribution is -0.149. The minimum Gasteiger partial charge on any atom is -0.466 e. The van der Waals surface area contributed by atoms with Gasteiger partial charge in [-0.1, -0.05) is 0 Å². The van der Waals surface area contributed by atoms with Crippen molar-refractivity contribution in [3.8, 4) is 0 Å². The third-order valence-electron chi connectivity index (χ3n) is 6.41. The molecule has 2 aromatic heterocycles. The van der Waals surface area contributed by atoms with Crippen LogP contribution in [0, 0.1) is 18.8 Å². The lowest BCUT2D eigenvalue weighted by Gasteiger charge is -2.31. The molecule has 0 bridgehead atoms. The Morgan fingerprint density at radius 2 is 2.07 bits per heavy atom. The maximum atomic E-state index is 13.0. The molecule has 3 heterocycles. The van der Waals surface area contributed by atoms with E-state index in [9.17, 15) is 9.59 Å². The van der Waals surface area contributed by atoms with Gasteiger partial charge in [-0.3, -0.25) is 19.3 Å². The molecule has 162 valence electrons. The molecule has 8 heteroatoms. The van der Waals surface area contributed by atoms with E-state index in [-0.39, 0.29) is 17.8 Å². The number of hydrogen-bond acceptors (Lipinski definition) is 6. The van der Waals surface area contributed by atoms with Crippen LogP contribution >= 0.6 is 11.3 Å². The molecule has 1 amide bonds. The summed E-state index contributed by atoms with van der Waals surface area (Å²) < 4.78 is 7.19. The summed E-state index contributed by atoms with van der Waals surface area (Å²) in [5, 5.41) is 4.73. The summed E-state index contributed by atoms with van der Waals surface area (Å²) in [5.41, 5.74) is 5.36. The molecule has 0 radical (unpaired) electrons. The summed E-state index contributed by atoms with van der Waals surface area (Å²) in [6.07, 6.45) is 6.85. The van der Waals surface area contributed by atoms with Gasteiger partial charge in [0.15, 0.2) is 0 Å². The first kappa shape index (κ1) is 21.0. The van der Waals surface area contributed by atoms with E-state index in [4.69, 9.17) is 9.84 Å². The van der Waals surface area contributed by atoms with E-state index in [2.05, 4.69) is 11.9 Å². The Bertz CT molecular complexity index is 885. The molecule has 7 nitrogen and oxygen atoms in total. The van der Waals surface area contributed by atoms with Crippen molar-refractivity contribution in [3.05, 3.63) is 33.5 Å². The fourth-order valence-electron chi connectivity index (χ4n) is 4.73. The van der Waals surface area contributed by atoms with E-state index < -0.39 is 0 Å². The quantitative estimate of drug-likeness (QED) is 0.657. The highest BCUT2D eigenvalue weighted by molar-refractivity contribution is 7.09. The number of carbonyl (C=O) groups excluding carboxylic acids is 2. The second-order valence-corrected chi connectivity index (χ2v) is 9.35. The Morgan fingerprint density at radius 3 is 2.77 bits per heavy atom. The van der Waals surface area contributed by atoms with Gasteiger partial charge < -0.3 is 9.64 Å². The fourth-order valence-corrected chi connectivity index (χ4v) is 5.30. The third-order valence-corrected chi connectivity index (χ3v) is 7.18. The van der Waals surface area contributed by atoms with Crippen LogP contribution in [0.4, 0.5) is 0 Å². The van der Waals surface area contributed by atoms with E-state index >= 15 is 0 Å². The molecule has 0 spiro atoms. The Balaban J connectivity index is 1.34. The van der Waals surface area contributed by atoms with Crippen LogP contribution in [0.2, 0.25) is 0 Å². The molecule has 2 aromatic rings. The summed E-state index contributed by atoms with van der Waals surface area (Å²) in [5.74, 6) is 0.533. The van der Waals surface area contributed by atoms with E-state index in [1.165, 1.54) is 10.4 Å². The van der Waals surface area contributed by atoms with Gasteiger partial charge in [0, 0.05) is 24.0 Å². The highest BCUT2D eigenvalue weighted by atomic mass is 32.1. The molecule has 0 unspecified atom stereocenters. The zero-order chi connectivity index (χ0) is 21.1. The summed E-state index contributed by atoms with van der Waals surface area (Å²) in [6, 6.07) is 0. The minimum absolute atomic E-state index is 0.0120. The highest BCUT2D eigenvalue weighted by Crippen LogP contribution is 2.33. The van der Waals surface area contributed by atoms with Gasteiger partial charge in [0.25, 0.3) is 0 Å². The molecule has 0 aromatic carbocycles. The van der Waals surface area contributed by atoms with Crippen LogP contribution in [0.3, 0.4) is 0 Å². The molecule has 4 rings (SSSR count). The number of rotatable bonds is 6. The lowest BCUT2D eigenvalue weighted by Crippen LogP contribution is -2.38. The van der Waals surface area contributed by atoms with Gasteiger partial charge in [-0.05, 0) is 57.4 Å². The zero-order valence-electron chi connectivity index (χ0n) is 17.8. The molecule has 1 saturated carbocycles. The molecule has 2 aliphatic rings. The lowest BCUT2D eigenvalue weighted by atomic mass is 9.80. The van der Waals surface area contributed by atoms with E-state index in [0.29, 0.717) is 32.0 Å². The van der Waals surface area contributed by atoms with Gasteiger partial charge in [0.2, 0.25) is 5.91 Å². The molecule has 30 heavy (non-hydrogen) atoms. The standard InChI is InChI=1S/C22H30N4O3S/c1-3-29-22(28)17-6-4-16(5-7-17)10-21(27)25-9-8-19-15(2)24-26(20(19)13-25)12-18-11-23-14-30-18/h11,14,16-17H,3-10,12-13H2,1-2H3. The van der Waals surface area contributed by atoms with Gasteiger partial charge in [0.05, 0.1) is 42.5 Å². The molecule has 0 atom stereocenters. The van der Waals surface area contributed by atoms with Crippen LogP contribution in [0.5, 0.6) is 0 Å². The fraction of sp³-hybridized carbons (Fsp3) is 0.636. The van der Waals surface area contributed by atoms with Gasteiger partial charge in [-0.15, -0.1) is 11.3 Å². The average molecular weight is 431 g/mol. The number of esters is 1. The van der Waals surface area contributed by atoms with Crippen LogP contribution in [-0.4, -0.2) is 44.7 Å². The van der Waals surface area contributed by atoms with Crippen LogP contribution in [0.25, 0.3) is 0 Å². The summed E-state index contributed by atoms with van der Waals surface area (Å²) in [4.78, 5) is 32.3. The predicted octanol–water partition coefficient (Wildman–Crippen LogP) is 3.34. The topological polar surface area (TPSA) is 77.3 Å². The second kappa shape index (κ2) is 9.29. The van der Waals surface area contributed by atoms with Crippen molar-refractivity contribution in [1.29, 1.82) is 0 Å². The van der Waals surface area contributed by atoms with Gasteiger partial charge >= 0.3 is 5.97 Å². The van der Waals surface area contributed by atoms with E-state index in [1.807, 2.05) is 28.2 Å². The van der Waals surface area contributed by atoms with Crippen molar-refractivity contribution < 1.29 is 14.3 Å². The number of fused-ring (bicyclic) bond motifs is 1. The third kappa shape index (κ3) is 4.58. The number of aromatic nitrogens is 3. The monoisotopic (exact) mass is 430 g/mol. The van der Waals surface area contributed by atoms with Crippen LogP contribution in [0.1, 0.15) is 60.9 Å². The van der Waals surface area contributed by atoms with Crippen LogP contribution in [0.15, 0.2) is 11.7 Å². The van der Waals surface area contributed by atoms with Crippen molar-refractivity contribution in [3.63, 3.8) is 0 Å². The summed E-state index contributed by atoms with van der Waals surface area (Å²) >= 11 is 1.63. The number of hydrogen-bond donors (Lipinski definition) is 0. The largest absolute Gasteiger partial charge is 0.466 e. The maximum absolute atomic E-state index is 13.0. The summed E-state index contributed by atoms with van der Waals surface area (Å²) in [7, 11) is 0. The Hall–Kier alpha value is -2.22. The highest BCUT2D eigenvalue weighted by Gasteiger charge is 2.31. The van der Waals surface area contributed by atoms with E-state index in [1.54, 1.807) is 11.3 Å². The van der Waals surface area contributed by atoms with Gasteiger partial charge in [0.1, 0.15) is 0 Å². The molecular formula is C22H30N4O3S. The Morgan fingerprint density at radius 1 is 1.27 bits per heavy atom. The predicted molar refractivity (Wildman–Crippen MR) is 114 cm³/mol. The molecule has 0 saturated heterocycles. The van der Waals surface area contributed by atoms with Gasteiger partial charge in [-0.25, -0.2) is 0 Å². The zero-order valence-corrected chi connectivity index (χ0v) is 18.6. The number of aryl methyl sites for hydroxylation is 1. The van der Waals surface area contributed by atoms with E-state index in [0.717, 1.165) is 50.0 Å². The van der Waals surface area contributed by atoms with Crippen LogP contribution < -0.4 is 0 Å². The summed E-state index contributed by atoms with van der Waals surface area (Å²) in [6.45, 7) is 6.44. The van der Waals surface area contributed by atoms with Crippen molar-refractivity contribution in [2.45, 2.75) is 65.5 Å². The molecule has 0 N–H and O–H groups in total. The van der Waals surface area contributed by atoms with Crippen molar-refractivity contribution >= 4 is 23.2 Å². The smallest absolute Gasteiger partial charge is 0.308 e. The number of thiazole rings is 1. The first-order valence-corrected chi connectivity index (χ1v) is 11.8. The number of amides is 1. The second-order valence-electron chi connectivity index (χ2n) is 8.38. The molecular weight excluding hydrogens is 400 g/mol. The van der Waals surface area contributed by atoms with Crippen molar-refractivity contribution in [2.24, 2.45) is 11.8 Å². The SMILES string of the molecule is CCOC(=O)C1CCC(CC(=O)N2CCc3c(C)nn(Cc4cncs4)c3C2)CC1. The number of nitrogens with zero attached hydrogens (tertiary/aromatic N) is 4. The average Bonchev–Trinajstić information content (AvgIpc) is 3.37. The molecule has 1 aliphatic heterocycles.